The van der Waals surface area contributed by atoms with Crippen molar-refractivity contribution >= 4 is 5.91 Å². The van der Waals surface area contributed by atoms with Crippen LogP contribution in [0.3, 0.4) is 0 Å². The molecule has 0 aliphatic carbocycles. The van der Waals surface area contributed by atoms with Crippen LogP contribution in [-0.4, -0.2) is 29.0 Å². The molecule has 0 aliphatic rings. The highest BCUT2D eigenvalue weighted by molar-refractivity contribution is 5.77. The summed E-state index contributed by atoms with van der Waals surface area (Å²) in [6.07, 6.45) is 3.38. The summed E-state index contributed by atoms with van der Waals surface area (Å²) in [5, 5.41) is 6.18. The molecule has 0 radical (unpaired) electrons. The molecule has 1 amide bonds. The average Bonchev–Trinajstić information content (AvgIpc) is 2.34. The highest BCUT2D eigenvalue weighted by Crippen LogP contribution is 2.10. The Labute approximate surface area is 108 Å². The van der Waals surface area contributed by atoms with E-state index in [2.05, 4.69) is 20.6 Å². The van der Waals surface area contributed by atoms with Gasteiger partial charge in [0, 0.05) is 37.4 Å². The third-order valence-electron chi connectivity index (χ3n) is 2.73. The summed E-state index contributed by atoms with van der Waals surface area (Å²) >= 11 is 0. The second kappa shape index (κ2) is 7.06. The molecule has 0 spiro atoms. The van der Waals surface area contributed by atoms with Gasteiger partial charge in [0.2, 0.25) is 5.91 Å². The van der Waals surface area contributed by atoms with Crippen molar-refractivity contribution in [1.82, 2.24) is 20.6 Å². The molecule has 1 heterocycles. The molecule has 1 aromatic heterocycles. The molecule has 1 rings (SSSR count). The van der Waals surface area contributed by atoms with Gasteiger partial charge < -0.3 is 10.6 Å². The molecule has 2 N–H and O–H groups in total. The fraction of sp³-hybridized carbons (Fsp3) is 0.615. The van der Waals surface area contributed by atoms with Crippen molar-refractivity contribution < 1.29 is 4.79 Å². The lowest BCUT2D eigenvalue weighted by Gasteiger charge is -2.15. The van der Waals surface area contributed by atoms with Crippen LogP contribution in [-0.2, 0) is 4.79 Å². The quantitative estimate of drug-likeness (QED) is 0.745. The molecule has 1 unspecified atom stereocenters. The van der Waals surface area contributed by atoms with Crippen LogP contribution in [0.4, 0.5) is 0 Å². The molecule has 0 aromatic carbocycles. The Bertz CT molecular complexity index is 392. The molecule has 5 nitrogen and oxygen atoms in total. The van der Waals surface area contributed by atoms with Gasteiger partial charge in [0.15, 0.2) is 0 Å². The molecule has 1 atom stereocenters. The molecule has 0 saturated heterocycles. The number of aryl methyl sites for hydroxylation is 1. The Morgan fingerprint density at radius 2 is 1.89 bits per heavy atom. The van der Waals surface area contributed by atoms with E-state index < -0.39 is 0 Å². The molecule has 0 fully saturated rings. The van der Waals surface area contributed by atoms with Crippen LogP contribution in [0.2, 0.25) is 0 Å². The minimum atomic E-state index is 0.0321. The van der Waals surface area contributed by atoms with E-state index in [1.54, 1.807) is 12.4 Å². The van der Waals surface area contributed by atoms with Crippen molar-refractivity contribution in [2.45, 2.75) is 33.7 Å². The number of hydrogen-bond acceptors (Lipinski definition) is 4. The van der Waals surface area contributed by atoms with Gasteiger partial charge in [0.25, 0.3) is 0 Å². The second-order valence-electron chi connectivity index (χ2n) is 4.65. The first kappa shape index (κ1) is 14.6. The topological polar surface area (TPSA) is 66.9 Å². The molecule has 0 saturated carbocycles. The van der Waals surface area contributed by atoms with E-state index in [1.807, 2.05) is 27.7 Å². The standard InChI is InChI=1S/C13H22N4O/c1-9(2)13(18)17-8-6-15-11(4)12-10(3)14-5-7-16-12/h5,7,9,11,15H,6,8H2,1-4H3,(H,17,18). The molecule has 1 aromatic rings. The summed E-state index contributed by atoms with van der Waals surface area (Å²) in [7, 11) is 0. The predicted octanol–water partition coefficient (Wildman–Crippen LogP) is 1.21. The van der Waals surface area contributed by atoms with Crippen LogP contribution in [0, 0.1) is 12.8 Å². The maximum Gasteiger partial charge on any atom is 0.222 e. The lowest BCUT2D eigenvalue weighted by molar-refractivity contribution is -0.123. The smallest absolute Gasteiger partial charge is 0.222 e. The predicted molar refractivity (Wildman–Crippen MR) is 71.0 cm³/mol. The van der Waals surface area contributed by atoms with Crippen LogP contribution < -0.4 is 10.6 Å². The Morgan fingerprint density at radius 1 is 1.22 bits per heavy atom. The number of nitrogens with zero attached hydrogens (tertiary/aromatic N) is 2. The number of hydrogen-bond donors (Lipinski definition) is 2. The lowest BCUT2D eigenvalue weighted by atomic mass is 10.2. The van der Waals surface area contributed by atoms with E-state index >= 15 is 0 Å². The zero-order chi connectivity index (χ0) is 13.5. The van der Waals surface area contributed by atoms with E-state index in [0.29, 0.717) is 6.54 Å². The summed E-state index contributed by atoms with van der Waals surface area (Å²) in [6, 6.07) is 0.134. The first-order valence-electron chi connectivity index (χ1n) is 6.31. The van der Waals surface area contributed by atoms with Gasteiger partial charge in [-0.2, -0.15) is 0 Å². The largest absolute Gasteiger partial charge is 0.355 e. The van der Waals surface area contributed by atoms with Crippen LogP contribution in [0.5, 0.6) is 0 Å². The summed E-state index contributed by atoms with van der Waals surface area (Å²) in [5.74, 6) is 0.116. The number of carbonyl (C=O) groups excluding carboxylic acids is 1. The van der Waals surface area contributed by atoms with E-state index in [0.717, 1.165) is 17.9 Å². The van der Waals surface area contributed by atoms with Gasteiger partial charge in [-0.25, -0.2) is 0 Å². The Hall–Kier alpha value is -1.49. The van der Waals surface area contributed by atoms with E-state index in [4.69, 9.17) is 0 Å². The van der Waals surface area contributed by atoms with Crippen molar-refractivity contribution in [3.05, 3.63) is 23.8 Å². The molecule has 0 bridgehead atoms. The lowest BCUT2D eigenvalue weighted by Crippen LogP contribution is -2.35. The zero-order valence-electron chi connectivity index (χ0n) is 11.5. The zero-order valence-corrected chi connectivity index (χ0v) is 11.5. The van der Waals surface area contributed by atoms with Gasteiger partial charge in [-0.15, -0.1) is 0 Å². The van der Waals surface area contributed by atoms with Gasteiger partial charge in [-0.3, -0.25) is 14.8 Å². The third-order valence-corrected chi connectivity index (χ3v) is 2.73. The summed E-state index contributed by atoms with van der Waals surface area (Å²) in [5.41, 5.74) is 1.89. The van der Waals surface area contributed by atoms with Crippen molar-refractivity contribution in [2.24, 2.45) is 5.92 Å². The van der Waals surface area contributed by atoms with Crippen LogP contribution >= 0.6 is 0 Å². The van der Waals surface area contributed by atoms with E-state index in [1.165, 1.54) is 0 Å². The number of carbonyl (C=O) groups is 1. The van der Waals surface area contributed by atoms with Crippen molar-refractivity contribution in [2.75, 3.05) is 13.1 Å². The van der Waals surface area contributed by atoms with Crippen LogP contribution in [0.25, 0.3) is 0 Å². The summed E-state index contributed by atoms with van der Waals surface area (Å²) < 4.78 is 0. The van der Waals surface area contributed by atoms with Gasteiger partial charge in [0.1, 0.15) is 0 Å². The number of nitrogens with one attached hydrogen (secondary N) is 2. The maximum atomic E-state index is 11.4. The summed E-state index contributed by atoms with van der Waals surface area (Å²) in [6.45, 7) is 9.10. The number of rotatable bonds is 6. The Morgan fingerprint density at radius 3 is 2.50 bits per heavy atom. The summed E-state index contributed by atoms with van der Waals surface area (Å²) in [4.78, 5) is 19.9. The van der Waals surface area contributed by atoms with Crippen LogP contribution in [0.15, 0.2) is 12.4 Å². The first-order chi connectivity index (χ1) is 8.52. The minimum Gasteiger partial charge on any atom is -0.355 e. The first-order valence-corrected chi connectivity index (χ1v) is 6.31. The highest BCUT2D eigenvalue weighted by atomic mass is 16.1. The molecule has 5 heteroatoms. The molecule has 18 heavy (non-hydrogen) atoms. The minimum absolute atomic E-state index is 0.0321. The highest BCUT2D eigenvalue weighted by Gasteiger charge is 2.10. The fourth-order valence-corrected chi connectivity index (χ4v) is 1.62. The van der Waals surface area contributed by atoms with Gasteiger partial charge in [-0.05, 0) is 13.8 Å². The van der Waals surface area contributed by atoms with Crippen molar-refractivity contribution in [3.63, 3.8) is 0 Å². The molecular weight excluding hydrogens is 228 g/mol. The normalized spacial score (nSPS) is 12.5. The number of aromatic nitrogens is 2. The molecular formula is C13H22N4O. The van der Waals surface area contributed by atoms with E-state index in [9.17, 15) is 4.79 Å². The van der Waals surface area contributed by atoms with Crippen LogP contribution in [0.1, 0.15) is 38.2 Å². The monoisotopic (exact) mass is 250 g/mol. The van der Waals surface area contributed by atoms with Crippen molar-refractivity contribution in [1.29, 1.82) is 0 Å². The Kier molecular flexibility index (Phi) is 5.71. The number of amides is 1. The Balaban J connectivity index is 2.32. The van der Waals surface area contributed by atoms with E-state index in [-0.39, 0.29) is 17.9 Å². The van der Waals surface area contributed by atoms with Gasteiger partial charge >= 0.3 is 0 Å². The second-order valence-corrected chi connectivity index (χ2v) is 4.65. The maximum absolute atomic E-state index is 11.4. The fourth-order valence-electron chi connectivity index (χ4n) is 1.62. The SMILES string of the molecule is Cc1nccnc1C(C)NCCNC(=O)C(C)C. The van der Waals surface area contributed by atoms with Crippen molar-refractivity contribution in [3.8, 4) is 0 Å². The molecule has 100 valence electrons. The third kappa shape index (κ3) is 4.41. The van der Waals surface area contributed by atoms with Gasteiger partial charge in [0.05, 0.1) is 11.4 Å². The van der Waals surface area contributed by atoms with Gasteiger partial charge in [-0.1, -0.05) is 13.8 Å². The molecule has 0 aliphatic heterocycles. The average molecular weight is 250 g/mol.